The molecule has 144 valence electrons. The number of benzene rings is 1. The Labute approximate surface area is 155 Å². The van der Waals surface area contributed by atoms with Crippen molar-refractivity contribution in [3.8, 4) is 0 Å². The van der Waals surface area contributed by atoms with Crippen LogP contribution in [0.3, 0.4) is 0 Å². The smallest absolute Gasteiger partial charge is 0.0701 e. The normalized spacial score (nSPS) is 12.6. The van der Waals surface area contributed by atoms with Gasteiger partial charge in [0.05, 0.1) is 33.0 Å². The van der Waals surface area contributed by atoms with E-state index in [1.165, 1.54) is 11.1 Å². The maximum atomic E-state index is 5.67. The summed E-state index contributed by atoms with van der Waals surface area (Å²) in [4.78, 5) is 0. The Morgan fingerprint density at radius 2 is 1.28 bits per heavy atom. The molecule has 0 aliphatic carbocycles. The van der Waals surface area contributed by atoms with E-state index in [9.17, 15) is 0 Å². The molecule has 1 aromatic rings. The van der Waals surface area contributed by atoms with Gasteiger partial charge in [0.15, 0.2) is 0 Å². The number of rotatable bonds is 11. The van der Waals surface area contributed by atoms with Gasteiger partial charge in [0.25, 0.3) is 0 Å². The molecule has 0 heterocycles. The van der Waals surface area contributed by atoms with Crippen molar-refractivity contribution in [3.63, 3.8) is 0 Å². The fraction of sp³-hybridized carbons (Fsp3) is 0.727. The molecule has 0 aliphatic rings. The molecule has 0 saturated carbocycles. The summed E-state index contributed by atoms with van der Waals surface area (Å²) >= 11 is 0. The van der Waals surface area contributed by atoms with Crippen LogP contribution >= 0.6 is 0 Å². The number of ether oxygens (including phenoxy) is 3. The van der Waals surface area contributed by atoms with Crippen molar-refractivity contribution in [2.24, 2.45) is 5.41 Å². The Kier molecular flexibility index (Phi) is 9.70. The summed E-state index contributed by atoms with van der Waals surface area (Å²) in [6.07, 6.45) is 2.02. The van der Waals surface area contributed by atoms with Gasteiger partial charge in [-0.2, -0.15) is 0 Å². The highest BCUT2D eigenvalue weighted by Gasteiger charge is 2.13. The van der Waals surface area contributed by atoms with Crippen molar-refractivity contribution in [2.45, 2.75) is 59.8 Å². The van der Waals surface area contributed by atoms with Gasteiger partial charge < -0.3 is 14.2 Å². The van der Waals surface area contributed by atoms with Crippen LogP contribution in [0.2, 0.25) is 0 Å². The third-order valence-corrected chi connectivity index (χ3v) is 4.07. The van der Waals surface area contributed by atoms with Gasteiger partial charge in [-0.1, -0.05) is 65.8 Å². The van der Waals surface area contributed by atoms with E-state index in [4.69, 9.17) is 14.2 Å². The summed E-state index contributed by atoms with van der Waals surface area (Å²) in [5, 5.41) is 0. The van der Waals surface area contributed by atoms with Crippen molar-refractivity contribution in [1.29, 1.82) is 0 Å². The van der Waals surface area contributed by atoms with Crippen molar-refractivity contribution in [2.75, 3.05) is 39.6 Å². The van der Waals surface area contributed by atoms with Crippen molar-refractivity contribution in [3.05, 3.63) is 35.4 Å². The predicted octanol–water partition coefficient (Wildman–Crippen LogP) is 5.01. The number of hydrogen-bond acceptors (Lipinski definition) is 3. The molecule has 0 atom stereocenters. The van der Waals surface area contributed by atoms with Gasteiger partial charge in [-0.05, 0) is 34.8 Å². The van der Waals surface area contributed by atoms with Crippen LogP contribution in [0.15, 0.2) is 24.3 Å². The Balaban J connectivity index is 2.01. The predicted molar refractivity (Wildman–Crippen MR) is 105 cm³/mol. The summed E-state index contributed by atoms with van der Waals surface area (Å²) in [5.74, 6) is 0. The van der Waals surface area contributed by atoms with E-state index < -0.39 is 0 Å². The molecule has 0 saturated heterocycles. The lowest BCUT2D eigenvalue weighted by Crippen LogP contribution is -2.14. The lowest BCUT2D eigenvalue weighted by Gasteiger charge is -2.19. The van der Waals surface area contributed by atoms with Gasteiger partial charge in [0, 0.05) is 6.61 Å². The van der Waals surface area contributed by atoms with Crippen molar-refractivity contribution >= 4 is 0 Å². The molecule has 0 unspecified atom stereocenters. The summed E-state index contributed by atoms with van der Waals surface area (Å²) in [7, 11) is 0. The highest BCUT2D eigenvalue weighted by Crippen LogP contribution is 2.23. The van der Waals surface area contributed by atoms with Crippen molar-refractivity contribution in [1.82, 2.24) is 0 Å². The molecule has 0 radical (unpaired) electrons. The molecular formula is C22H38O3. The quantitative estimate of drug-likeness (QED) is 0.525. The molecular weight excluding hydrogens is 312 g/mol. The lowest BCUT2D eigenvalue weighted by atomic mass is 9.86. The first-order valence-corrected chi connectivity index (χ1v) is 9.51. The zero-order valence-electron chi connectivity index (χ0n) is 17.2. The molecule has 0 aromatic heterocycles. The SMILES string of the molecule is CC(C)(C)CCOCCOCCOCCc1cccc(C(C)(C)C)c1. The molecule has 1 aromatic carbocycles. The molecule has 25 heavy (non-hydrogen) atoms. The Bertz CT molecular complexity index is 469. The minimum absolute atomic E-state index is 0.194. The summed E-state index contributed by atoms with van der Waals surface area (Å²) in [5.41, 5.74) is 3.24. The van der Waals surface area contributed by atoms with Crippen LogP contribution in [0.5, 0.6) is 0 Å². The third kappa shape index (κ3) is 11.4. The van der Waals surface area contributed by atoms with E-state index >= 15 is 0 Å². The second-order valence-corrected chi connectivity index (χ2v) is 8.85. The van der Waals surface area contributed by atoms with Crippen LogP contribution in [0.4, 0.5) is 0 Å². The first kappa shape index (κ1) is 22.1. The minimum Gasteiger partial charge on any atom is -0.379 e. The average molecular weight is 351 g/mol. The molecule has 0 spiro atoms. The molecule has 3 heteroatoms. The van der Waals surface area contributed by atoms with E-state index in [1.54, 1.807) is 0 Å². The monoisotopic (exact) mass is 350 g/mol. The van der Waals surface area contributed by atoms with Gasteiger partial charge in [-0.3, -0.25) is 0 Å². The largest absolute Gasteiger partial charge is 0.379 e. The van der Waals surface area contributed by atoms with Crippen LogP contribution < -0.4 is 0 Å². The molecule has 0 amide bonds. The molecule has 3 nitrogen and oxygen atoms in total. The van der Waals surface area contributed by atoms with Gasteiger partial charge in [0.1, 0.15) is 0 Å². The van der Waals surface area contributed by atoms with E-state index in [1.807, 2.05) is 0 Å². The zero-order chi connectivity index (χ0) is 18.8. The van der Waals surface area contributed by atoms with E-state index in [2.05, 4.69) is 65.8 Å². The molecule has 0 fully saturated rings. The Hall–Kier alpha value is -0.900. The van der Waals surface area contributed by atoms with Gasteiger partial charge in [-0.25, -0.2) is 0 Å². The van der Waals surface area contributed by atoms with E-state index in [-0.39, 0.29) is 5.41 Å². The van der Waals surface area contributed by atoms with E-state index in [0.717, 1.165) is 26.1 Å². The first-order valence-electron chi connectivity index (χ1n) is 9.51. The van der Waals surface area contributed by atoms with Crippen LogP contribution in [0.25, 0.3) is 0 Å². The van der Waals surface area contributed by atoms with Crippen molar-refractivity contribution < 1.29 is 14.2 Å². The van der Waals surface area contributed by atoms with Gasteiger partial charge >= 0.3 is 0 Å². The number of hydrogen-bond donors (Lipinski definition) is 0. The molecule has 1 rings (SSSR count). The first-order chi connectivity index (χ1) is 11.7. The third-order valence-electron chi connectivity index (χ3n) is 4.07. The van der Waals surface area contributed by atoms with E-state index in [0.29, 0.717) is 31.8 Å². The zero-order valence-corrected chi connectivity index (χ0v) is 17.2. The summed E-state index contributed by atoms with van der Waals surface area (Å²) in [6, 6.07) is 8.79. The maximum absolute atomic E-state index is 5.67. The Morgan fingerprint density at radius 1 is 0.720 bits per heavy atom. The molecule has 0 aliphatic heterocycles. The molecule has 0 N–H and O–H groups in total. The van der Waals surface area contributed by atoms with Gasteiger partial charge in [0.2, 0.25) is 0 Å². The fourth-order valence-electron chi connectivity index (χ4n) is 2.30. The highest BCUT2D eigenvalue weighted by molar-refractivity contribution is 5.28. The van der Waals surface area contributed by atoms with Gasteiger partial charge in [-0.15, -0.1) is 0 Å². The minimum atomic E-state index is 0.194. The summed E-state index contributed by atoms with van der Waals surface area (Å²) < 4.78 is 16.8. The second kappa shape index (κ2) is 10.9. The lowest BCUT2D eigenvalue weighted by molar-refractivity contribution is 0.0109. The second-order valence-electron chi connectivity index (χ2n) is 8.85. The average Bonchev–Trinajstić information content (AvgIpc) is 2.51. The summed E-state index contributed by atoms with van der Waals surface area (Å²) in [6.45, 7) is 17.5. The fourth-order valence-corrected chi connectivity index (χ4v) is 2.30. The highest BCUT2D eigenvalue weighted by atomic mass is 16.5. The van der Waals surface area contributed by atoms with Crippen LogP contribution in [-0.4, -0.2) is 39.6 Å². The van der Waals surface area contributed by atoms with Crippen LogP contribution in [0.1, 0.15) is 59.1 Å². The Morgan fingerprint density at radius 3 is 1.84 bits per heavy atom. The topological polar surface area (TPSA) is 27.7 Å². The molecule has 0 bridgehead atoms. The maximum Gasteiger partial charge on any atom is 0.0701 e. The van der Waals surface area contributed by atoms with Crippen LogP contribution in [0, 0.1) is 5.41 Å². The van der Waals surface area contributed by atoms with Crippen LogP contribution in [-0.2, 0) is 26.0 Å². The standard InChI is InChI=1S/C22H38O3/c1-21(2,3)11-13-24-15-17-25-16-14-23-12-10-19-8-7-9-20(18-19)22(4,5)6/h7-9,18H,10-17H2,1-6H3.